The zero-order valence-corrected chi connectivity index (χ0v) is 38.1. The molecular weight excluding hydrogens is 815 g/mol. The van der Waals surface area contributed by atoms with E-state index in [2.05, 4.69) is 247 Å². The van der Waals surface area contributed by atoms with Crippen LogP contribution in [0.25, 0.3) is 60.5 Å². The van der Waals surface area contributed by atoms with Gasteiger partial charge < -0.3 is 19.1 Å². The Labute approximate surface area is 392 Å². The molecule has 1 aromatic heterocycles. The van der Waals surface area contributed by atoms with E-state index in [0.29, 0.717) is 0 Å². The molecular formula is C63H49N3O. The first-order valence-corrected chi connectivity index (χ1v) is 23.1. The number of fused-ring (bicyclic) bond motifs is 6. The smallest absolute Gasteiger partial charge is 0.119 e. The van der Waals surface area contributed by atoms with Crippen molar-refractivity contribution in [3.05, 3.63) is 241 Å². The largest absolute Gasteiger partial charge is 0.497 e. The van der Waals surface area contributed by atoms with Gasteiger partial charge >= 0.3 is 0 Å². The SMILES string of the molecule is COc1ccc(N(c2ccccc2)c2cc(-c3ccc4cc(-c5cc6c7c(c5)c5ccccc5n7-c5ccccc5C6(C)C)ccc4c3)cc(N(c3ccccc3)c3ccc(C)cc3)c2)cc1. The van der Waals surface area contributed by atoms with Crippen LogP contribution in [0.15, 0.2) is 224 Å². The third-order valence-electron chi connectivity index (χ3n) is 13.8. The summed E-state index contributed by atoms with van der Waals surface area (Å²) in [6.07, 6.45) is 0. The molecule has 0 saturated carbocycles. The van der Waals surface area contributed by atoms with Crippen molar-refractivity contribution in [3.63, 3.8) is 0 Å². The minimum Gasteiger partial charge on any atom is -0.497 e. The highest BCUT2D eigenvalue weighted by Gasteiger charge is 2.35. The number of aromatic nitrogens is 1. The van der Waals surface area contributed by atoms with Gasteiger partial charge in [0.25, 0.3) is 0 Å². The lowest BCUT2D eigenvalue weighted by atomic mass is 9.74. The number of nitrogens with zero attached hydrogens (tertiary/aromatic N) is 3. The lowest BCUT2D eigenvalue weighted by molar-refractivity contribution is 0.415. The maximum absolute atomic E-state index is 5.60. The summed E-state index contributed by atoms with van der Waals surface area (Å²) < 4.78 is 8.09. The average molecular weight is 864 g/mol. The molecule has 0 radical (unpaired) electrons. The van der Waals surface area contributed by atoms with Gasteiger partial charge in [0.1, 0.15) is 5.75 Å². The van der Waals surface area contributed by atoms with Crippen LogP contribution in [-0.2, 0) is 5.41 Å². The Kier molecular flexibility index (Phi) is 9.58. The summed E-state index contributed by atoms with van der Waals surface area (Å²) in [5.74, 6) is 0.817. The van der Waals surface area contributed by atoms with Crippen LogP contribution < -0.4 is 14.5 Å². The highest BCUT2D eigenvalue weighted by molar-refractivity contribution is 6.13. The molecule has 0 fully saturated rings. The Balaban J connectivity index is 1.02. The number of aryl methyl sites for hydroxylation is 1. The van der Waals surface area contributed by atoms with Crippen LogP contribution in [0.1, 0.15) is 30.5 Å². The van der Waals surface area contributed by atoms with E-state index in [1.165, 1.54) is 66.1 Å². The van der Waals surface area contributed by atoms with Crippen molar-refractivity contribution < 1.29 is 4.74 Å². The van der Waals surface area contributed by atoms with E-state index < -0.39 is 0 Å². The molecule has 0 bridgehead atoms. The maximum atomic E-state index is 5.60. The topological polar surface area (TPSA) is 20.6 Å². The van der Waals surface area contributed by atoms with E-state index in [4.69, 9.17) is 4.74 Å². The van der Waals surface area contributed by atoms with Crippen molar-refractivity contribution in [2.75, 3.05) is 16.9 Å². The van der Waals surface area contributed by atoms with Crippen LogP contribution in [0.2, 0.25) is 0 Å². The molecule has 10 aromatic carbocycles. The van der Waals surface area contributed by atoms with Crippen LogP contribution >= 0.6 is 0 Å². The second-order valence-corrected chi connectivity index (χ2v) is 18.3. The molecule has 0 aliphatic carbocycles. The van der Waals surface area contributed by atoms with Crippen molar-refractivity contribution in [2.45, 2.75) is 26.2 Å². The summed E-state index contributed by atoms with van der Waals surface area (Å²) in [6.45, 7) is 6.90. The van der Waals surface area contributed by atoms with Gasteiger partial charge in [-0.15, -0.1) is 0 Å². The predicted molar refractivity (Wildman–Crippen MR) is 282 cm³/mol. The Morgan fingerprint density at radius 2 is 0.925 bits per heavy atom. The van der Waals surface area contributed by atoms with Crippen LogP contribution in [0.4, 0.5) is 34.1 Å². The molecule has 11 aromatic rings. The number of hydrogen-bond acceptors (Lipinski definition) is 3. The fourth-order valence-electron chi connectivity index (χ4n) is 10.4. The first kappa shape index (κ1) is 40.2. The van der Waals surface area contributed by atoms with E-state index in [0.717, 1.165) is 51.0 Å². The van der Waals surface area contributed by atoms with Crippen molar-refractivity contribution in [3.8, 4) is 33.7 Å². The minimum absolute atomic E-state index is 0.173. The summed E-state index contributed by atoms with van der Waals surface area (Å²) in [6, 6.07) is 81.9. The predicted octanol–water partition coefficient (Wildman–Crippen LogP) is 17.2. The van der Waals surface area contributed by atoms with E-state index in [9.17, 15) is 0 Å². The van der Waals surface area contributed by atoms with Crippen LogP contribution in [0.5, 0.6) is 5.75 Å². The average Bonchev–Trinajstić information content (AvgIpc) is 3.71. The van der Waals surface area contributed by atoms with Gasteiger partial charge in [-0.25, -0.2) is 0 Å². The van der Waals surface area contributed by atoms with Gasteiger partial charge in [0.05, 0.1) is 23.8 Å². The van der Waals surface area contributed by atoms with Gasteiger partial charge in [0, 0.05) is 50.3 Å². The van der Waals surface area contributed by atoms with E-state index >= 15 is 0 Å². The van der Waals surface area contributed by atoms with Crippen LogP contribution in [0.3, 0.4) is 0 Å². The Hall–Kier alpha value is -8.34. The third-order valence-corrected chi connectivity index (χ3v) is 13.8. The number of para-hydroxylation sites is 4. The second kappa shape index (κ2) is 16.0. The maximum Gasteiger partial charge on any atom is 0.119 e. The molecule has 67 heavy (non-hydrogen) atoms. The van der Waals surface area contributed by atoms with Crippen molar-refractivity contribution in [1.29, 1.82) is 0 Å². The van der Waals surface area contributed by atoms with Gasteiger partial charge in [0.15, 0.2) is 0 Å². The Bertz CT molecular complexity index is 3650. The normalized spacial score (nSPS) is 12.6. The number of anilines is 6. The molecule has 4 nitrogen and oxygen atoms in total. The van der Waals surface area contributed by atoms with E-state index in [-0.39, 0.29) is 5.41 Å². The molecule has 2 heterocycles. The highest BCUT2D eigenvalue weighted by atomic mass is 16.5. The first-order chi connectivity index (χ1) is 32.8. The summed E-state index contributed by atoms with van der Waals surface area (Å²) in [7, 11) is 1.71. The quantitative estimate of drug-likeness (QED) is 0.144. The fourth-order valence-corrected chi connectivity index (χ4v) is 10.4. The van der Waals surface area contributed by atoms with Crippen LogP contribution in [0, 0.1) is 6.92 Å². The summed E-state index contributed by atoms with van der Waals surface area (Å²) in [4.78, 5) is 4.69. The molecule has 0 unspecified atom stereocenters. The van der Waals surface area contributed by atoms with Gasteiger partial charge in [-0.3, -0.25) is 0 Å². The molecule has 0 N–H and O–H groups in total. The molecule has 12 rings (SSSR count). The minimum atomic E-state index is -0.173. The molecule has 0 atom stereocenters. The number of rotatable bonds is 9. The molecule has 0 amide bonds. The van der Waals surface area contributed by atoms with Gasteiger partial charge in [-0.1, -0.05) is 129 Å². The summed E-state index contributed by atoms with van der Waals surface area (Å²) in [5.41, 5.74) is 18.7. The Morgan fingerprint density at radius 1 is 0.403 bits per heavy atom. The molecule has 0 spiro atoms. The fraction of sp³-hybridized carbons (Fsp3) is 0.0794. The molecule has 1 aliphatic heterocycles. The zero-order chi connectivity index (χ0) is 45.2. The van der Waals surface area contributed by atoms with Crippen molar-refractivity contribution >= 4 is 66.7 Å². The van der Waals surface area contributed by atoms with Gasteiger partial charge in [-0.2, -0.15) is 0 Å². The second-order valence-electron chi connectivity index (χ2n) is 18.3. The van der Waals surface area contributed by atoms with Gasteiger partial charge in [0.2, 0.25) is 0 Å². The first-order valence-electron chi connectivity index (χ1n) is 23.1. The highest BCUT2D eigenvalue weighted by Crippen LogP contribution is 2.50. The third kappa shape index (κ3) is 6.84. The van der Waals surface area contributed by atoms with Crippen molar-refractivity contribution in [1.82, 2.24) is 4.57 Å². The molecule has 4 heteroatoms. The molecule has 322 valence electrons. The Morgan fingerprint density at radius 3 is 1.54 bits per heavy atom. The summed E-state index contributed by atoms with van der Waals surface area (Å²) in [5, 5.41) is 4.97. The number of methoxy groups -OCH3 is 1. The van der Waals surface area contributed by atoms with Crippen LogP contribution in [-0.4, -0.2) is 11.7 Å². The van der Waals surface area contributed by atoms with E-state index in [1.54, 1.807) is 7.11 Å². The summed E-state index contributed by atoms with van der Waals surface area (Å²) >= 11 is 0. The molecule has 0 saturated heterocycles. The standard InChI is InChI=1S/C63H49N3O/c1-42-23-29-51(30-24-42)64(49-15-7-5-8-16-49)53-37-47(38-54(41-53)65(50-17-9-6-10-18-50)52-31-33-55(67-4)34-32-52)45-27-25-44-36-46(28-26-43(44)35-45)48-39-57-56-19-11-13-21-60(56)66-61-22-14-12-20-58(61)63(2,3)59(40-48)62(57)66/h5-41H,1-4H3. The lowest BCUT2D eigenvalue weighted by Gasteiger charge is -2.35. The van der Waals surface area contributed by atoms with Crippen molar-refractivity contribution in [2.24, 2.45) is 0 Å². The van der Waals surface area contributed by atoms with E-state index in [1.807, 2.05) is 12.1 Å². The number of hydrogen-bond donors (Lipinski definition) is 0. The number of benzene rings is 10. The monoisotopic (exact) mass is 863 g/mol. The molecule has 1 aliphatic rings. The van der Waals surface area contributed by atoms with Gasteiger partial charge in [-0.05, 0) is 166 Å². The zero-order valence-electron chi connectivity index (χ0n) is 38.1. The lowest BCUT2D eigenvalue weighted by Crippen LogP contribution is -2.26. The number of ether oxygens (including phenoxy) is 1.